The van der Waals surface area contributed by atoms with E-state index in [1.54, 1.807) is 15.3 Å². The van der Waals surface area contributed by atoms with Crippen molar-refractivity contribution in [1.82, 2.24) is 14.2 Å². The van der Waals surface area contributed by atoms with Crippen LogP contribution in [0, 0.1) is 11.8 Å². The molecule has 0 saturated carbocycles. The molecule has 0 fully saturated rings. The maximum Gasteiger partial charge on any atom is 0.266 e. The molecule has 0 aromatic carbocycles. The summed E-state index contributed by atoms with van der Waals surface area (Å²) in [4.78, 5) is 12.4. The average Bonchev–Trinajstić information content (AvgIpc) is 3.20. The van der Waals surface area contributed by atoms with Gasteiger partial charge >= 0.3 is 0 Å². The van der Waals surface area contributed by atoms with Crippen molar-refractivity contribution in [3.63, 3.8) is 0 Å². The fraction of sp³-hybridized carbons (Fsp3) is 0.409. The SMILES string of the molecule is CCC(/C(O)=C\n1cc(CC(C)c2cc3cccn3[nH]c2=O)cc1N)C(C)C. The van der Waals surface area contributed by atoms with E-state index in [0.717, 1.165) is 23.1 Å². The maximum absolute atomic E-state index is 12.4. The van der Waals surface area contributed by atoms with Crippen LogP contribution in [0.5, 0.6) is 0 Å². The highest BCUT2D eigenvalue weighted by Crippen LogP contribution is 2.25. The van der Waals surface area contributed by atoms with Crippen LogP contribution < -0.4 is 11.3 Å². The molecular formula is C22H30N4O2. The van der Waals surface area contributed by atoms with Gasteiger partial charge in [0.1, 0.15) is 11.6 Å². The van der Waals surface area contributed by atoms with Crippen molar-refractivity contribution in [1.29, 1.82) is 0 Å². The molecule has 3 aromatic heterocycles. The minimum absolute atomic E-state index is 0.0375. The standard InChI is InChI=1S/C22H30N4O2/c1-5-18(14(2)3)20(27)13-25-12-16(10-21(25)23)9-15(4)19-11-17-7-6-8-26(17)24-22(19)28/h6-8,10-15,18,27H,5,9,23H2,1-4H3,(H,24,28)/b20-13+. The Kier molecular flexibility index (Phi) is 5.68. The van der Waals surface area contributed by atoms with E-state index in [4.69, 9.17) is 5.73 Å². The van der Waals surface area contributed by atoms with Crippen molar-refractivity contribution >= 4 is 17.5 Å². The van der Waals surface area contributed by atoms with Crippen molar-refractivity contribution in [2.45, 2.75) is 46.5 Å². The van der Waals surface area contributed by atoms with Crippen LogP contribution in [0.25, 0.3) is 11.7 Å². The lowest BCUT2D eigenvalue weighted by molar-refractivity contribution is 0.279. The molecule has 3 aromatic rings. The molecular weight excluding hydrogens is 352 g/mol. The lowest BCUT2D eigenvalue weighted by Crippen LogP contribution is -2.18. The summed E-state index contributed by atoms with van der Waals surface area (Å²) in [5, 5.41) is 13.3. The number of hydrogen-bond donors (Lipinski definition) is 3. The summed E-state index contributed by atoms with van der Waals surface area (Å²) in [6.45, 7) is 8.31. The van der Waals surface area contributed by atoms with Crippen molar-refractivity contribution in [3.8, 4) is 0 Å². The van der Waals surface area contributed by atoms with E-state index >= 15 is 0 Å². The van der Waals surface area contributed by atoms with Gasteiger partial charge in [0.05, 0.1) is 5.52 Å². The molecule has 4 N–H and O–H groups in total. The largest absolute Gasteiger partial charge is 0.510 e. The maximum atomic E-state index is 12.4. The summed E-state index contributed by atoms with van der Waals surface area (Å²) in [6, 6.07) is 7.71. The molecule has 0 bridgehead atoms. The third-order valence-electron chi connectivity index (χ3n) is 5.47. The fourth-order valence-electron chi connectivity index (χ4n) is 3.88. The third-order valence-corrected chi connectivity index (χ3v) is 5.47. The lowest BCUT2D eigenvalue weighted by Gasteiger charge is -2.18. The molecule has 0 aliphatic heterocycles. The van der Waals surface area contributed by atoms with Crippen molar-refractivity contribution in [2.75, 3.05) is 5.73 Å². The number of aromatic amines is 1. The van der Waals surface area contributed by atoms with Gasteiger partial charge in [0, 0.05) is 30.1 Å². The van der Waals surface area contributed by atoms with Crippen LogP contribution in [0.4, 0.5) is 5.82 Å². The molecule has 150 valence electrons. The second kappa shape index (κ2) is 8.00. The highest BCUT2D eigenvalue weighted by molar-refractivity contribution is 5.49. The third kappa shape index (κ3) is 4.01. The van der Waals surface area contributed by atoms with Crippen LogP contribution in [0.3, 0.4) is 0 Å². The van der Waals surface area contributed by atoms with Crippen LogP contribution in [0.2, 0.25) is 0 Å². The molecule has 0 aliphatic carbocycles. The number of aliphatic hydroxyl groups excluding tert-OH is 1. The van der Waals surface area contributed by atoms with Crippen molar-refractivity contribution in [3.05, 3.63) is 63.9 Å². The molecule has 0 spiro atoms. The summed E-state index contributed by atoms with van der Waals surface area (Å²) < 4.78 is 3.49. The number of aromatic nitrogens is 3. The number of rotatable bonds is 7. The summed E-state index contributed by atoms with van der Waals surface area (Å²) in [5.74, 6) is 1.41. The highest BCUT2D eigenvalue weighted by atomic mass is 16.3. The molecule has 28 heavy (non-hydrogen) atoms. The first-order valence-electron chi connectivity index (χ1n) is 9.87. The molecule has 0 radical (unpaired) electrons. The smallest absolute Gasteiger partial charge is 0.266 e. The number of fused-ring (bicyclic) bond motifs is 1. The van der Waals surface area contributed by atoms with E-state index in [9.17, 15) is 9.90 Å². The normalized spacial score (nSPS) is 14.7. The molecule has 6 nitrogen and oxygen atoms in total. The number of aliphatic hydroxyl groups is 1. The first kappa shape index (κ1) is 19.9. The van der Waals surface area contributed by atoms with Crippen molar-refractivity contribution < 1.29 is 5.11 Å². The first-order chi connectivity index (χ1) is 13.3. The van der Waals surface area contributed by atoms with Gasteiger partial charge < -0.3 is 15.4 Å². The van der Waals surface area contributed by atoms with Crippen LogP contribution in [0.15, 0.2) is 47.2 Å². The van der Waals surface area contributed by atoms with E-state index in [1.165, 1.54) is 0 Å². The predicted molar refractivity (Wildman–Crippen MR) is 115 cm³/mol. The van der Waals surface area contributed by atoms with Crippen LogP contribution in [-0.2, 0) is 6.42 Å². The summed E-state index contributed by atoms with van der Waals surface area (Å²) >= 11 is 0. The summed E-state index contributed by atoms with van der Waals surface area (Å²) in [7, 11) is 0. The Hall–Kier alpha value is -2.89. The number of nitrogens with two attached hydrogens (primary N) is 1. The predicted octanol–water partition coefficient (Wildman–Crippen LogP) is 4.40. The molecule has 2 unspecified atom stereocenters. The molecule has 0 aliphatic rings. The quantitative estimate of drug-likeness (QED) is 0.529. The molecule has 3 rings (SSSR count). The van der Waals surface area contributed by atoms with Gasteiger partial charge in [-0.15, -0.1) is 0 Å². The van der Waals surface area contributed by atoms with Gasteiger partial charge in [-0.25, -0.2) is 0 Å². The van der Waals surface area contributed by atoms with Gasteiger partial charge in [-0.05, 0) is 54.5 Å². The Morgan fingerprint density at radius 2 is 2.07 bits per heavy atom. The van der Waals surface area contributed by atoms with E-state index in [0.29, 0.717) is 23.9 Å². The van der Waals surface area contributed by atoms with Gasteiger partial charge in [0.25, 0.3) is 5.56 Å². The molecule has 3 heterocycles. The number of nitrogen functional groups attached to an aromatic ring is 1. The number of allylic oxidation sites excluding steroid dienone is 1. The lowest BCUT2D eigenvalue weighted by atomic mass is 9.92. The number of hydrogen-bond acceptors (Lipinski definition) is 3. The number of nitrogens with one attached hydrogen (secondary N) is 1. The van der Waals surface area contributed by atoms with Crippen LogP contribution in [0.1, 0.15) is 51.2 Å². The second-order valence-electron chi connectivity index (χ2n) is 7.94. The van der Waals surface area contributed by atoms with E-state index < -0.39 is 0 Å². The topological polar surface area (TPSA) is 88.5 Å². The number of H-pyrrole nitrogens is 1. The Morgan fingerprint density at radius 1 is 1.32 bits per heavy atom. The van der Waals surface area contributed by atoms with Gasteiger partial charge in [0.15, 0.2) is 0 Å². The first-order valence-corrected chi connectivity index (χ1v) is 9.87. The Bertz CT molecular complexity index is 1040. The molecule has 6 heteroatoms. The van der Waals surface area contributed by atoms with Crippen molar-refractivity contribution in [2.24, 2.45) is 11.8 Å². The zero-order chi connectivity index (χ0) is 20.4. The number of nitrogens with zero attached hydrogens (tertiary/aromatic N) is 2. The minimum atomic E-state index is -0.0798. The Labute approximate surface area is 165 Å². The fourth-order valence-corrected chi connectivity index (χ4v) is 3.88. The van der Waals surface area contributed by atoms with E-state index in [2.05, 4.69) is 25.9 Å². The van der Waals surface area contributed by atoms with Gasteiger partial charge in [-0.2, -0.15) is 0 Å². The monoisotopic (exact) mass is 382 g/mol. The van der Waals surface area contributed by atoms with Gasteiger partial charge in [-0.1, -0.05) is 27.7 Å². The van der Waals surface area contributed by atoms with Crippen LogP contribution in [-0.4, -0.2) is 19.3 Å². The van der Waals surface area contributed by atoms with E-state index in [1.807, 2.05) is 43.6 Å². The molecule has 0 amide bonds. The van der Waals surface area contributed by atoms with Gasteiger partial charge in [-0.3, -0.25) is 14.4 Å². The van der Waals surface area contributed by atoms with E-state index in [-0.39, 0.29) is 17.4 Å². The zero-order valence-electron chi connectivity index (χ0n) is 17.0. The van der Waals surface area contributed by atoms with Crippen LogP contribution >= 0.6 is 0 Å². The number of anilines is 1. The van der Waals surface area contributed by atoms with Gasteiger partial charge in [0.2, 0.25) is 0 Å². The highest BCUT2D eigenvalue weighted by Gasteiger charge is 2.17. The minimum Gasteiger partial charge on any atom is -0.510 e. The summed E-state index contributed by atoms with van der Waals surface area (Å²) in [6.07, 6.45) is 7.02. The molecule has 2 atom stereocenters. The Balaban J connectivity index is 1.82. The molecule has 0 saturated heterocycles. The second-order valence-corrected chi connectivity index (χ2v) is 7.94. The zero-order valence-corrected chi connectivity index (χ0v) is 17.0. The Morgan fingerprint density at radius 3 is 2.75 bits per heavy atom. The summed E-state index contributed by atoms with van der Waals surface area (Å²) in [5.41, 5.74) is 8.81. The average molecular weight is 383 g/mol.